The number of sulfonamides is 1. The Morgan fingerprint density at radius 3 is 2.60 bits per heavy atom. The molecule has 0 saturated carbocycles. The summed E-state index contributed by atoms with van der Waals surface area (Å²) in [5.41, 5.74) is 5.84. The molecule has 1 aromatic rings. The van der Waals surface area contributed by atoms with E-state index in [1.807, 2.05) is 6.07 Å². The van der Waals surface area contributed by atoms with Crippen molar-refractivity contribution in [3.63, 3.8) is 0 Å². The summed E-state index contributed by atoms with van der Waals surface area (Å²) in [5.74, 6) is 0. The molecule has 0 bridgehead atoms. The van der Waals surface area contributed by atoms with Crippen molar-refractivity contribution in [2.24, 2.45) is 5.73 Å². The second-order valence-electron chi connectivity index (χ2n) is 3.17. The number of hydrogen-bond donors (Lipinski definition) is 2. The van der Waals surface area contributed by atoms with Crippen LogP contribution in [0, 0.1) is 0 Å². The maximum Gasteiger partial charge on any atom is 0.236 e. The average molecular weight is 293 g/mol. The van der Waals surface area contributed by atoms with E-state index in [-0.39, 0.29) is 6.54 Å². The predicted octanol–water partition coefficient (Wildman–Crippen LogP) is 1.54. The normalized spacial score (nSPS) is 13.5. The molecule has 0 aliphatic rings. The minimum Gasteiger partial charge on any atom is -0.329 e. The Morgan fingerprint density at radius 1 is 1.47 bits per heavy atom. The van der Waals surface area contributed by atoms with E-state index in [0.717, 1.165) is 0 Å². The largest absolute Gasteiger partial charge is 0.329 e. The van der Waals surface area contributed by atoms with Gasteiger partial charge in [0.2, 0.25) is 10.0 Å². The van der Waals surface area contributed by atoms with Crippen LogP contribution in [0.1, 0.15) is 6.92 Å². The number of rotatable bonds is 4. The van der Waals surface area contributed by atoms with Crippen LogP contribution in [0.2, 0.25) is 0 Å². The molecule has 0 amide bonds. The van der Waals surface area contributed by atoms with Gasteiger partial charge in [0, 0.05) is 11.0 Å². The van der Waals surface area contributed by atoms with Crippen molar-refractivity contribution in [2.75, 3.05) is 11.3 Å². The lowest BCUT2D eigenvalue weighted by Crippen LogP contribution is -2.31. The molecule has 3 N–H and O–H groups in total. The van der Waals surface area contributed by atoms with Crippen LogP contribution in [0.25, 0.3) is 0 Å². The maximum atomic E-state index is 11.7. The highest BCUT2D eigenvalue weighted by atomic mass is 79.9. The van der Waals surface area contributed by atoms with Crippen LogP contribution in [-0.4, -0.2) is 20.2 Å². The fourth-order valence-corrected chi connectivity index (χ4v) is 2.38. The molecule has 0 spiro atoms. The molecule has 0 saturated heterocycles. The summed E-state index contributed by atoms with van der Waals surface area (Å²) in [5, 5.41) is -0.607. The highest BCUT2D eigenvalue weighted by Crippen LogP contribution is 2.22. The smallest absolute Gasteiger partial charge is 0.236 e. The standard InChI is InChI=1S/C9H13BrN2O2S/c1-7(6-11)15(13,14)12-9-5-3-2-4-8(9)10/h2-5,7,12H,6,11H2,1H3. The summed E-state index contributed by atoms with van der Waals surface area (Å²) in [6, 6.07) is 7.03. The van der Waals surface area contributed by atoms with Crippen molar-refractivity contribution in [2.45, 2.75) is 12.2 Å². The minimum absolute atomic E-state index is 0.0970. The molecule has 1 aromatic carbocycles. The summed E-state index contributed by atoms with van der Waals surface area (Å²) in [6.45, 7) is 1.67. The molecule has 0 heterocycles. The summed E-state index contributed by atoms with van der Waals surface area (Å²) in [6.07, 6.45) is 0. The van der Waals surface area contributed by atoms with Gasteiger partial charge in [0.05, 0.1) is 10.9 Å². The second kappa shape index (κ2) is 4.96. The molecule has 84 valence electrons. The van der Waals surface area contributed by atoms with E-state index >= 15 is 0 Å². The lowest BCUT2D eigenvalue weighted by atomic mass is 10.3. The topological polar surface area (TPSA) is 72.2 Å². The SMILES string of the molecule is CC(CN)S(=O)(=O)Nc1ccccc1Br. The molecule has 1 atom stereocenters. The molecule has 0 fully saturated rings. The summed E-state index contributed by atoms with van der Waals surface area (Å²) < 4.78 is 26.5. The Hall–Kier alpha value is -0.590. The van der Waals surface area contributed by atoms with Crippen LogP contribution in [0.3, 0.4) is 0 Å². The van der Waals surface area contributed by atoms with E-state index in [4.69, 9.17) is 5.73 Å². The van der Waals surface area contributed by atoms with Crippen molar-refractivity contribution in [3.8, 4) is 0 Å². The van der Waals surface area contributed by atoms with Gasteiger partial charge >= 0.3 is 0 Å². The maximum absolute atomic E-state index is 11.7. The first-order chi connectivity index (χ1) is 6.97. The number of anilines is 1. The zero-order valence-corrected chi connectivity index (χ0v) is 10.7. The monoisotopic (exact) mass is 292 g/mol. The third kappa shape index (κ3) is 3.19. The van der Waals surface area contributed by atoms with Gasteiger partial charge in [-0.3, -0.25) is 4.72 Å². The number of nitrogens with two attached hydrogens (primary N) is 1. The quantitative estimate of drug-likeness (QED) is 0.884. The van der Waals surface area contributed by atoms with Gasteiger partial charge in [-0.15, -0.1) is 0 Å². The first-order valence-electron chi connectivity index (χ1n) is 4.43. The van der Waals surface area contributed by atoms with Gasteiger partial charge in [-0.1, -0.05) is 12.1 Å². The van der Waals surface area contributed by atoms with Gasteiger partial charge in [0.1, 0.15) is 0 Å². The fourth-order valence-electron chi connectivity index (χ4n) is 0.925. The minimum atomic E-state index is -3.39. The molecule has 15 heavy (non-hydrogen) atoms. The van der Waals surface area contributed by atoms with Gasteiger partial charge < -0.3 is 5.73 Å². The molecular formula is C9H13BrN2O2S. The summed E-state index contributed by atoms with van der Waals surface area (Å²) in [7, 11) is -3.39. The molecule has 0 aliphatic heterocycles. The molecule has 4 nitrogen and oxygen atoms in total. The van der Waals surface area contributed by atoms with E-state index in [9.17, 15) is 8.42 Å². The first-order valence-corrected chi connectivity index (χ1v) is 6.77. The molecule has 1 unspecified atom stereocenters. The molecule has 1 rings (SSSR count). The molecular weight excluding hydrogens is 280 g/mol. The first kappa shape index (κ1) is 12.5. The van der Waals surface area contributed by atoms with Crippen molar-refractivity contribution >= 4 is 31.6 Å². The molecule has 6 heteroatoms. The average Bonchev–Trinajstić information content (AvgIpc) is 2.20. The van der Waals surface area contributed by atoms with Crippen LogP contribution in [0.15, 0.2) is 28.7 Å². The van der Waals surface area contributed by atoms with E-state index in [0.29, 0.717) is 10.2 Å². The van der Waals surface area contributed by atoms with Gasteiger partial charge in [0.25, 0.3) is 0 Å². The highest BCUT2D eigenvalue weighted by Gasteiger charge is 2.19. The van der Waals surface area contributed by atoms with Crippen LogP contribution >= 0.6 is 15.9 Å². The summed E-state index contributed by atoms with van der Waals surface area (Å²) in [4.78, 5) is 0. The Bertz CT molecular complexity index is 433. The van der Waals surface area contributed by atoms with E-state index in [1.165, 1.54) is 0 Å². The predicted molar refractivity (Wildman–Crippen MR) is 65.2 cm³/mol. The van der Waals surface area contributed by atoms with E-state index < -0.39 is 15.3 Å². The Morgan fingerprint density at radius 2 is 2.07 bits per heavy atom. The van der Waals surface area contributed by atoms with E-state index in [2.05, 4.69) is 20.7 Å². The lowest BCUT2D eigenvalue weighted by Gasteiger charge is -2.13. The van der Waals surface area contributed by atoms with Gasteiger partial charge in [0.15, 0.2) is 0 Å². The highest BCUT2D eigenvalue weighted by molar-refractivity contribution is 9.10. The summed E-state index contributed by atoms with van der Waals surface area (Å²) >= 11 is 3.26. The van der Waals surface area contributed by atoms with Gasteiger partial charge in [-0.05, 0) is 35.0 Å². The van der Waals surface area contributed by atoms with Crippen molar-refractivity contribution in [1.82, 2.24) is 0 Å². The van der Waals surface area contributed by atoms with Crippen LogP contribution in [0.4, 0.5) is 5.69 Å². The van der Waals surface area contributed by atoms with Gasteiger partial charge in [-0.2, -0.15) is 0 Å². The third-order valence-corrected chi connectivity index (χ3v) is 4.44. The Balaban J connectivity index is 2.92. The number of benzene rings is 1. The molecule has 0 radical (unpaired) electrons. The number of nitrogens with one attached hydrogen (secondary N) is 1. The van der Waals surface area contributed by atoms with E-state index in [1.54, 1.807) is 25.1 Å². The van der Waals surface area contributed by atoms with Crippen molar-refractivity contribution < 1.29 is 8.42 Å². The zero-order chi connectivity index (χ0) is 11.5. The molecule has 0 aliphatic carbocycles. The van der Waals surface area contributed by atoms with Crippen LogP contribution < -0.4 is 10.5 Å². The number of para-hydroxylation sites is 1. The Kier molecular flexibility index (Phi) is 4.12. The fraction of sp³-hybridized carbons (Fsp3) is 0.333. The second-order valence-corrected chi connectivity index (χ2v) is 6.13. The molecule has 0 aromatic heterocycles. The van der Waals surface area contributed by atoms with Crippen molar-refractivity contribution in [1.29, 1.82) is 0 Å². The Labute approximate surface area is 98.0 Å². The zero-order valence-electron chi connectivity index (χ0n) is 8.27. The lowest BCUT2D eigenvalue weighted by molar-refractivity contribution is 0.589. The van der Waals surface area contributed by atoms with Crippen LogP contribution in [-0.2, 0) is 10.0 Å². The number of hydrogen-bond acceptors (Lipinski definition) is 3. The van der Waals surface area contributed by atoms with Gasteiger partial charge in [-0.25, -0.2) is 8.42 Å². The third-order valence-electron chi connectivity index (χ3n) is 1.99. The van der Waals surface area contributed by atoms with Crippen LogP contribution in [0.5, 0.6) is 0 Å². The number of halogens is 1. The van der Waals surface area contributed by atoms with Crippen molar-refractivity contribution in [3.05, 3.63) is 28.7 Å².